The highest BCUT2D eigenvalue weighted by Crippen LogP contribution is 2.24. The summed E-state index contributed by atoms with van der Waals surface area (Å²) in [6, 6.07) is 11.8. The van der Waals surface area contributed by atoms with E-state index in [4.69, 9.17) is 0 Å². The Morgan fingerprint density at radius 3 is 2.41 bits per heavy atom. The molecule has 2 aromatic carbocycles. The summed E-state index contributed by atoms with van der Waals surface area (Å²) in [6.45, 7) is 0. The third kappa shape index (κ3) is 3.59. The molecule has 4 rings (SSSR count). The van der Waals surface area contributed by atoms with Gasteiger partial charge in [0.05, 0.1) is 0 Å². The SMILES string of the molecule is O=C1CCCc2c1cc(C(=O)Nc1cccc(F)c1)c(=O)n2-c1ccc(F)cc1. The molecule has 1 aromatic heterocycles. The second-order valence-corrected chi connectivity index (χ2v) is 6.78. The van der Waals surface area contributed by atoms with Gasteiger partial charge in [-0.15, -0.1) is 0 Å². The number of carbonyl (C=O) groups is 2. The van der Waals surface area contributed by atoms with Crippen molar-refractivity contribution in [1.82, 2.24) is 4.57 Å². The molecule has 0 atom stereocenters. The van der Waals surface area contributed by atoms with Gasteiger partial charge in [-0.05, 0) is 61.4 Å². The Morgan fingerprint density at radius 1 is 0.931 bits per heavy atom. The summed E-state index contributed by atoms with van der Waals surface area (Å²) in [5.74, 6) is -1.92. The second kappa shape index (κ2) is 7.43. The van der Waals surface area contributed by atoms with E-state index in [1.54, 1.807) is 0 Å². The van der Waals surface area contributed by atoms with Gasteiger partial charge < -0.3 is 5.32 Å². The van der Waals surface area contributed by atoms with Crippen molar-refractivity contribution in [3.8, 4) is 5.69 Å². The Balaban J connectivity index is 1.86. The largest absolute Gasteiger partial charge is 0.322 e. The number of halogens is 2. The van der Waals surface area contributed by atoms with Crippen LogP contribution in [0.3, 0.4) is 0 Å². The van der Waals surface area contributed by atoms with Crippen LogP contribution < -0.4 is 10.9 Å². The first-order chi connectivity index (χ1) is 13.9. The molecule has 146 valence electrons. The van der Waals surface area contributed by atoms with Crippen LogP contribution in [0.25, 0.3) is 5.69 Å². The first-order valence-electron chi connectivity index (χ1n) is 9.09. The van der Waals surface area contributed by atoms with Gasteiger partial charge in [0.25, 0.3) is 11.5 Å². The number of rotatable bonds is 3. The molecule has 0 fully saturated rings. The van der Waals surface area contributed by atoms with Crippen LogP contribution in [-0.4, -0.2) is 16.3 Å². The number of pyridine rings is 1. The summed E-state index contributed by atoms with van der Waals surface area (Å²) in [6.07, 6.45) is 1.39. The standard InChI is InChI=1S/C22H16F2N2O3/c23-13-7-9-16(10-8-13)26-19-5-2-6-20(27)17(19)12-18(22(26)29)21(28)25-15-4-1-3-14(24)11-15/h1,3-4,7-12H,2,5-6H2,(H,25,28). The molecule has 3 aromatic rings. The van der Waals surface area contributed by atoms with Gasteiger partial charge in [0.2, 0.25) is 0 Å². The lowest BCUT2D eigenvalue weighted by Gasteiger charge is -2.21. The van der Waals surface area contributed by atoms with Crippen molar-refractivity contribution < 1.29 is 18.4 Å². The number of aromatic nitrogens is 1. The van der Waals surface area contributed by atoms with E-state index in [1.807, 2.05) is 0 Å². The number of hydrogen-bond acceptors (Lipinski definition) is 3. The van der Waals surface area contributed by atoms with Gasteiger partial charge >= 0.3 is 0 Å². The quantitative estimate of drug-likeness (QED) is 0.733. The minimum absolute atomic E-state index is 0.165. The molecule has 7 heteroatoms. The molecule has 1 amide bonds. The fourth-order valence-corrected chi connectivity index (χ4v) is 3.48. The molecule has 5 nitrogen and oxygen atoms in total. The molecule has 29 heavy (non-hydrogen) atoms. The summed E-state index contributed by atoms with van der Waals surface area (Å²) < 4.78 is 28.0. The van der Waals surface area contributed by atoms with E-state index in [0.717, 1.165) is 6.07 Å². The van der Waals surface area contributed by atoms with Crippen molar-refractivity contribution in [2.24, 2.45) is 0 Å². The number of hydrogen-bond donors (Lipinski definition) is 1. The number of nitrogens with zero attached hydrogens (tertiary/aromatic N) is 1. The van der Waals surface area contributed by atoms with Gasteiger partial charge in [-0.25, -0.2) is 8.78 Å². The van der Waals surface area contributed by atoms with E-state index >= 15 is 0 Å². The molecule has 0 saturated carbocycles. The van der Waals surface area contributed by atoms with Crippen molar-refractivity contribution in [2.45, 2.75) is 19.3 Å². The molecule has 1 heterocycles. The predicted octanol–water partition coefficient (Wildman–Crippen LogP) is 3.89. The number of amides is 1. The smallest absolute Gasteiger partial charge is 0.268 e. The van der Waals surface area contributed by atoms with Crippen LogP contribution in [0.2, 0.25) is 0 Å². The molecule has 1 aliphatic carbocycles. The minimum Gasteiger partial charge on any atom is -0.322 e. The molecule has 0 saturated heterocycles. The maximum Gasteiger partial charge on any atom is 0.268 e. The van der Waals surface area contributed by atoms with Crippen LogP contribution in [-0.2, 0) is 6.42 Å². The van der Waals surface area contributed by atoms with Crippen molar-refractivity contribution in [2.75, 3.05) is 5.32 Å². The van der Waals surface area contributed by atoms with Crippen molar-refractivity contribution in [3.63, 3.8) is 0 Å². The van der Waals surface area contributed by atoms with Crippen LogP contribution in [0.4, 0.5) is 14.5 Å². The van der Waals surface area contributed by atoms with Crippen LogP contribution in [0.1, 0.15) is 39.3 Å². The average molecular weight is 394 g/mol. The van der Waals surface area contributed by atoms with Gasteiger partial charge in [0.1, 0.15) is 17.2 Å². The predicted molar refractivity (Wildman–Crippen MR) is 104 cm³/mol. The third-order valence-corrected chi connectivity index (χ3v) is 4.83. The van der Waals surface area contributed by atoms with E-state index in [9.17, 15) is 23.2 Å². The fraction of sp³-hybridized carbons (Fsp3) is 0.136. The van der Waals surface area contributed by atoms with Crippen LogP contribution in [0.5, 0.6) is 0 Å². The lowest BCUT2D eigenvalue weighted by molar-refractivity contribution is 0.0971. The zero-order valence-corrected chi connectivity index (χ0v) is 15.2. The van der Waals surface area contributed by atoms with E-state index in [0.29, 0.717) is 36.2 Å². The van der Waals surface area contributed by atoms with Crippen molar-refractivity contribution >= 4 is 17.4 Å². The van der Waals surface area contributed by atoms with Crippen molar-refractivity contribution in [3.05, 3.63) is 93.4 Å². The number of Topliss-reactive ketones (excluding diaryl/α,β-unsaturated/α-hetero) is 1. The van der Waals surface area contributed by atoms with E-state index in [1.165, 1.54) is 53.1 Å². The molecule has 0 bridgehead atoms. The topological polar surface area (TPSA) is 68.2 Å². The van der Waals surface area contributed by atoms with Gasteiger partial charge in [-0.1, -0.05) is 6.07 Å². The summed E-state index contributed by atoms with van der Waals surface area (Å²) in [4.78, 5) is 38.4. The first kappa shape index (κ1) is 18.7. The molecule has 1 N–H and O–H groups in total. The molecule has 0 aliphatic heterocycles. The summed E-state index contributed by atoms with van der Waals surface area (Å²) in [7, 11) is 0. The first-order valence-corrected chi connectivity index (χ1v) is 9.09. The lowest BCUT2D eigenvalue weighted by Crippen LogP contribution is -2.33. The number of carbonyl (C=O) groups excluding carboxylic acids is 2. The number of benzene rings is 2. The minimum atomic E-state index is -0.752. The fourth-order valence-electron chi connectivity index (χ4n) is 3.48. The Bertz CT molecular complexity index is 1180. The molecule has 0 radical (unpaired) electrons. The summed E-state index contributed by atoms with van der Waals surface area (Å²) in [5, 5.41) is 2.49. The van der Waals surface area contributed by atoms with Gasteiger partial charge in [0.15, 0.2) is 5.78 Å². The normalized spacial score (nSPS) is 13.1. The molecule has 0 unspecified atom stereocenters. The molecular weight excluding hydrogens is 378 g/mol. The third-order valence-electron chi connectivity index (χ3n) is 4.83. The lowest BCUT2D eigenvalue weighted by atomic mass is 9.92. The van der Waals surface area contributed by atoms with Crippen LogP contribution >= 0.6 is 0 Å². The monoisotopic (exact) mass is 394 g/mol. The Kier molecular flexibility index (Phi) is 4.80. The Labute approximate surface area is 164 Å². The maximum absolute atomic E-state index is 13.4. The highest BCUT2D eigenvalue weighted by Gasteiger charge is 2.26. The number of anilines is 1. The zero-order chi connectivity index (χ0) is 20.5. The summed E-state index contributed by atoms with van der Waals surface area (Å²) in [5.41, 5.74) is 0.478. The highest BCUT2D eigenvalue weighted by atomic mass is 19.1. The maximum atomic E-state index is 13.4. The van der Waals surface area contributed by atoms with Crippen LogP contribution in [0.15, 0.2) is 59.4 Å². The second-order valence-electron chi connectivity index (χ2n) is 6.78. The number of fused-ring (bicyclic) bond motifs is 1. The highest BCUT2D eigenvalue weighted by molar-refractivity contribution is 6.06. The van der Waals surface area contributed by atoms with Crippen LogP contribution in [0, 0.1) is 11.6 Å². The van der Waals surface area contributed by atoms with E-state index < -0.39 is 23.1 Å². The van der Waals surface area contributed by atoms with Crippen molar-refractivity contribution in [1.29, 1.82) is 0 Å². The molecular formula is C22H16F2N2O3. The van der Waals surface area contributed by atoms with Gasteiger partial charge in [-0.3, -0.25) is 19.0 Å². The zero-order valence-electron chi connectivity index (χ0n) is 15.2. The molecule has 0 spiro atoms. The number of ketones is 1. The average Bonchev–Trinajstić information content (AvgIpc) is 2.69. The summed E-state index contributed by atoms with van der Waals surface area (Å²) >= 11 is 0. The van der Waals surface area contributed by atoms with Gasteiger partial charge in [-0.2, -0.15) is 0 Å². The Morgan fingerprint density at radius 2 is 1.69 bits per heavy atom. The van der Waals surface area contributed by atoms with Gasteiger partial charge in [0, 0.05) is 29.1 Å². The Hall–Kier alpha value is -3.61. The molecule has 1 aliphatic rings. The number of nitrogens with one attached hydrogen (secondary N) is 1. The van der Waals surface area contributed by atoms with E-state index in [2.05, 4.69) is 5.32 Å². The van der Waals surface area contributed by atoms with E-state index in [-0.39, 0.29) is 17.0 Å².